The van der Waals surface area contributed by atoms with Gasteiger partial charge in [0.1, 0.15) is 11.6 Å². The molecule has 0 saturated heterocycles. The molecule has 0 spiro atoms. The number of nitrogens with one attached hydrogen (secondary N) is 1. The van der Waals surface area contributed by atoms with Gasteiger partial charge in [-0.3, -0.25) is 0 Å². The molecule has 0 aliphatic carbocycles. The van der Waals surface area contributed by atoms with Crippen molar-refractivity contribution >= 4 is 0 Å². The van der Waals surface area contributed by atoms with Gasteiger partial charge in [-0.05, 0) is 18.7 Å². The summed E-state index contributed by atoms with van der Waals surface area (Å²) in [7, 11) is 0. The highest BCUT2D eigenvalue weighted by Gasteiger charge is 2.32. The molecule has 0 bridgehead atoms. The minimum absolute atomic E-state index is 0.0650. The fourth-order valence-corrected chi connectivity index (χ4v) is 2.88. The van der Waals surface area contributed by atoms with E-state index in [-0.39, 0.29) is 17.8 Å². The third-order valence-corrected chi connectivity index (χ3v) is 3.80. The first kappa shape index (κ1) is 13.1. The minimum Gasteiger partial charge on any atom is -0.493 e. The molecule has 0 aromatic heterocycles. The first-order valence-electron chi connectivity index (χ1n) is 7.00. The fourth-order valence-electron chi connectivity index (χ4n) is 2.88. The van der Waals surface area contributed by atoms with E-state index in [9.17, 15) is 4.39 Å². The van der Waals surface area contributed by atoms with Gasteiger partial charge in [-0.2, -0.15) is 0 Å². The van der Waals surface area contributed by atoms with Crippen molar-refractivity contribution in [1.29, 1.82) is 0 Å². The minimum atomic E-state index is -0.164. The highest BCUT2D eigenvalue weighted by molar-refractivity contribution is 5.42. The monoisotopic (exact) mass is 271 g/mol. The Morgan fingerprint density at radius 1 is 1.20 bits per heavy atom. The van der Waals surface area contributed by atoms with Crippen molar-refractivity contribution in [3.63, 3.8) is 0 Å². The molecule has 2 nitrogen and oxygen atoms in total. The number of hydrogen-bond acceptors (Lipinski definition) is 2. The fraction of sp³-hybridized carbons (Fsp3) is 0.294. The van der Waals surface area contributed by atoms with Gasteiger partial charge in [-0.15, -0.1) is 0 Å². The largest absolute Gasteiger partial charge is 0.493 e. The van der Waals surface area contributed by atoms with E-state index in [4.69, 9.17) is 4.74 Å². The van der Waals surface area contributed by atoms with Crippen LogP contribution in [0.15, 0.2) is 48.5 Å². The Morgan fingerprint density at radius 3 is 2.75 bits per heavy atom. The molecule has 2 unspecified atom stereocenters. The van der Waals surface area contributed by atoms with Crippen LogP contribution in [0.3, 0.4) is 0 Å². The second-order valence-corrected chi connectivity index (χ2v) is 5.01. The van der Waals surface area contributed by atoms with Crippen LogP contribution >= 0.6 is 0 Å². The maximum Gasteiger partial charge on any atom is 0.128 e. The van der Waals surface area contributed by atoms with Crippen LogP contribution in [0.25, 0.3) is 0 Å². The van der Waals surface area contributed by atoms with Crippen LogP contribution in [0.1, 0.15) is 30.0 Å². The van der Waals surface area contributed by atoms with E-state index in [2.05, 4.69) is 11.4 Å². The highest BCUT2D eigenvalue weighted by atomic mass is 19.1. The SMILES string of the molecule is CCNC(c1ccccc1F)C1COc2ccccc21. The van der Waals surface area contributed by atoms with Crippen molar-refractivity contribution in [3.05, 3.63) is 65.5 Å². The van der Waals surface area contributed by atoms with Crippen molar-refractivity contribution in [3.8, 4) is 5.75 Å². The molecule has 20 heavy (non-hydrogen) atoms. The Kier molecular flexibility index (Phi) is 3.70. The number of rotatable bonds is 4. The number of halogens is 1. The van der Waals surface area contributed by atoms with Crippen LogP contribution in [0.2, 0.25) is 0 Å². The average Bonchev–Trinajstić information content (AvgIpc) is 2.90. The molecule has 1 aliphatic heterocycles. The summed E-state index contributed by atoms with van der Waals surface area (Å²) >= 11 is 0. The zero-order chi connectivity index (χ0) is 13.9. The van der Waals surface area contributed by atoms with E-state index in [0.29, 0.717) is 12.2 Å². The second-order valence-electron chi connectivity index (χ2n) is 5.01. The van der Waals surface area contributed by atoms with E-state index in [0.717, 1.165) is 17.9 Å². The van der Waals surface area contributed by atoms with Gasteiger partial charge in [0.25, 0.3) is 0 Å². The summed E-state index contributed by atoms with van der Waals surface area (Å²) in [6.07, 6.45) is 0. The molecule has 0 amide bonds. The lowest BCUT2D eigenvalue weighted by molar-refractivity contribution is 0.298. The summed E-state index contributed by atoms with van der Waals surface area (Å²) < 4.78 is 19.8. The second kappa shape index (κ2) is 5.63. The van der Waals surface area contributed by atoms with Crippen LogP contribution in [-0.4, -0.2) is 13.2 Å². The molecular formula is C17H18FNO. The zero-order valence-corrected chi connectivity index (χ0v) is 11.5. The number of hydrogen-bond donors (Lipinski definition) is 1. The van der Waals surface area contributed by atoms with E-state index in [1.165, 1.54) is 6.07 Å². The van der Waals surface area contributed by atoms with Crippen LogP contribution in [-0.2, 0) is 0 Å². The van der Waals surface area contributed by atoms with Gasteiger partial charge in [0.05, 0.1) is 6.61 Å². The lowest BCUT2D eigenvalue weighted by atomic mass is 9.88. The third kappa shape index (κ3) is 2.29. The average molecular weight is 271 g/mol. The first-order chi connectivity index (χ1) is 9.81. The maximum atomic E-state index is 14.1. The van der Waals surface area contributed by atoms with Gasteiger partial charge in [-0.25, -0.2) is 4.39 Å². The number of para-hydroxylation sites is 1. The Labute approximate surface area is 118 Å². The summed E-state index contributed by atoms with van der Waals surface area (Å²) in [5.41, 5.74) is 1.86. The van der Waals surface area contributed by atoms with E-state index >= 15 is 0 Å². The van der Waals surface area contributed by atoms with E-state index < -0.39 is 0 Å². The topological polar surface area (TPSA) is 21.3 Å². The standard InChI is InChI=1S/C17H18FNO/c1-2-19-17(13-8-3-5-9-15(13)18)14-11-20-16-10-6-4-7-12(14)16/h3-10,14,17,19H,2,11H2,1H3. The van der Waals surface area contributed by atoms with Gasteiger partial charge in [0, 0.05) is 23.1 Å². The lowest BCUT2D eigenvalue weighted by Crippen LogP contribution is -2.28. The number of likely N-dealkylation sites (N-methyl/N-ethyl adjacent to an activating group) is 1. The van der Waals surface area contributed by atoms with Gasteiger partial charge in [-0.1, -0.05) is 43.3 Å². The van der Waals surface area contributed by atoms with Crippen molar-refractivity contribution in [1.82, 2.24) is 5.32 Å². The number of benzene rings is 2. The van der Waals surface area contributed by atoms with Crippen LogP contribution in [0, 0.1) is 5.82 Å². The van der Waals surface area contributed by atoms with E-state index in [1.807, 2.05) is 37.3 Å². The van der Waals surface area contributed by atoms with Gasteiger partial charge < -0.3 is 10.1 Å². The molecule has 1 aliphatic rings. The van der Waals surface area contributed by atoms with Crippen molar-refractivity contribution in [2.75, 3.05) is 13.2 Å². The Bertz CT molecular complexity index is 599. The zero-order valence-electron chi connectivity index (χ0n) is 11.5. The van der Waals surface area contributed by atoms with Gasteiger partial charge in [0.2, 0.25) is 0 Å². The molecule has 2 aromatic carbocycles. The summed E-state index contributed by atoms with van der Waals surface area (Å²) in [6, 6.07) is 14.9. The summed E-state index contributed by atoms with van der Waals surface area (Å²) in [6.45, 7) is 3.42. The van der Waals surface area contributed by atoms with Crippen LogP contribution < -0.4 is 10.1 Å². The Morgan fingerprint density at radius 2 is 1.95 bits per heavy atom. The van der Waals surface area contributed by atoms with Gasteiger partial charge in [0.15, 0.2) is 0 Å². The number of ether oxygens (including phenoxy) is 1. The highest BCUT2D eigenvalue weighted by Crippen LogP contribution is 2.41. The van der Waals surface area contributed by atoms with Crippen molar-refractivity contribution in [2.45, 2.75) is 18.9 Å². The van der Waals surface area contributed by atoms with Crippen LogP contribution in [0.4, 0.5) is 4.39 Å². The molecule has 0 saturated carbocycles. The normalized spacial score (nSPS) is 18.4. The first-order valence-corrected chi connectivity index (χ1v) is 7.00. The summed E-state index contributed by atoms with van der Waals surface area (Å²) in [4.78, 5) is 0. The smallest absolute Gasteiger partial charge is 0.128 e. The molecule has 0 fully saturated rings. The number of fused-ring (bicyclic) bond motifs is 1. The molecule has 3 heteroatoms. The molecule has 0 radical (unpaired) electrons. The summed E-state index contributed by atoms with van der Waals surface area (Å²) in [5, 5.41) is 3.40. The predicted octanol–water partition coefficient (Wildman–Crippen LogP) is 3.65. The summed E-state index contributed by atoms with van der Waals surface area (Å²) in [5.74, 6) is 0.891. The molecule has 2 aromatic rings. The Balaban J connectivity index is 1.99. The molecule has 2 atom stereocenters. The molecule has 1 heterocycles. The van der Waals surface area contributed by atoms with Crippen molar-refractivity contribution < 1.29 is 9.13 Å². The van der Waals surface area contributed by atoms with Gasteiger partial charge >= 0.3 is 0 Å². The van der Waals surface area contributed by atoms with E-state index in [1.54, 1.807) is 6.07 Å². The third-order valence-electron chi connectivity index (χ3n) is 3.80. The predicted molar refractivity (Wildman–Crippen MR) is 77.5 cm³/mol. The molecular weight excluding hydrogens is 253 g/mol. The molecule has 3 rings (SSSR count). The molecule has 104 valence electrons. The molecule has 1 N–H and O–H groups in total. The Hall–Kier alpha value is -1.87. The maximum absolute atomic E-state index is 14.1. The van der Waals surface area contributed by atoms with Crippen LogP contribution in [0.5, 0.6) is 5.75 Å². The quantitative estimate of drug-likeness (QED) is 0.916. The van der Waals surface area contributed by atoms with Crippen molar-refractivity contribution in [2.24, 2.45) is 0 Å². The lowest BCUT2D eigenvalue weighted by Gasteiger charge is -2.24.